The van der Waals surface area contributed by atoms with E-state index in [2.05, 4.69) is 0 Å². The van der Waals surface area contributed by atoms with Gasteiger partial charge in [-0.25, -0.2) is 4.79 Å². The van der Waals surface area contributed by atoms with Gasteiger partial charge in [0.25, 0.3) is 0 Å². The smallest absolute Gasteiger partial charge is 0.411 e. The molecule has 0 aromatic rings. The second-order valence-electron chi connectivity index (χ2n) is 5.87. The topological polar surface area (TPSA) is 55.8 Å². The van der Waals surface area contributed by atoms with E-state index in [0.717, 1.165) is 6.42 Å². The molecule has 1 aliphatic heterocycles. The molecule has 1 fully saturated rings. The Hall–Kier alpha value is -1.10. The summed E-state index contributed by atoms with van der Waals surface area (Å²) in [6.07, 6.45) is 1.05. The first-order chi connectivity index (χ1) is 8.20. The third kappa shape index (κ3) is 3.22. The molecule has 1 saturated heterocycles. The van der Waals surface area contributed by atoms with Crippen molar-refractivity contribution in [3.05, 3.63) is 0 Å². The number of hydrogen-bond donors (Lipinski definition) is 0. The standard InChI is InChI=1S/C13H23NO4/c1-12(2,3)18-11(16)14-8-6-7-13(14,4)10(15)9-17-5/h6-9H2,1-5H3/t13-/m1/s1. The Morgan fingerprint density at radius 1 is 1.33 bits per heavy atom. The van der Waals surface area contributed by atoms with Crippen molar-refractivity contribution < 1.29 is 19.1 Å². The summed E-state index contributed by atoms with van der Waals surface area (Å²) in [5.74, 6) is -0.0756. The third-order valence-electron chi connectivity index (χ3n) is 3.13. The van der Waals surface area contributed by atoms with Crippen LogP contribution < -0.4 is 0 Å². The van der Waals surface area contributed by atoms with Crippen LogP contribution in [0.5, 0.6) is 0 Å². The van der Waals surface area contributed by atoms with E-state index in [0.29, 0.717) is 13.0 Å². The fourth-order valence-corrected chi connectivity index (χ4v) is 2.15. The van der Waals surface area contributed by atoms with Crippen LogP contribution in [0.25, 0.3) is 0 Å². The highest BCUT2D eigenvalue weighted by atomic mass is 16.6. The zero-order valence-corrected chi connectivity index (χ0v) is 11.9. The first-order valence-corrected chi connectivity index (χ1v) is 6.23. The van der Waals surface area contributed by atoms with Crippen LogP contribution in [0.3, 0.4) is 0 Å². The molecule has 1 rings (SSSR count). The molecule has 0 N–H and O–H groups in total. The van der Waals surface area contributed by atoms with Gasteiger partial charge in [0.15, 0.2) is 5.78 Å². The summed E-state index contributed by atoms with van der Waals surface area (Å²) in [4.78, 5) is 25.7. The van der Waals surface area contributed by atoms with Gasteiger partial charge in [0.05, 0.1) is 0 Å². The number of rotatable bonds is 3. The van der Waals surface area contributed by atoms with Crippen molar-refractivity contribution in [2.24, 2.45) is 0 Å². The van der Waals surface area contributed by atoms with Crippen LogP contribution in [0, 0.1) is 0 Å². The highest BCUT2D eigenvalue weighted by Crippen LogP contribution is 2.31. The first kappa shape index (κ1) is 15.0. The van der Waals surface area contributed by atoms with Crippen molar-refractivity contribution in [1.29, 1.82) is 0 Å². The van der Waals surface area contributed by atoms with Crippen molar-refractivity contribution in [1.82, 2.24) is 4.90 Å². The van der Waals surface area contributed by atoms with Crippen LogP contribution >= 0.6 is 0 Å². The quantitative estimate of drug-likeness (QED) is 0.776. The van der Waals surface area contributed by atoms with Gasteiger partial charge in [0, 0.05) is 13.7 Å². The molecule has 1 aliphatic rings. The molecule has 104 valence electrons. The second kappa shape index (κ2) is 5.26. The average Bonchev–Trinajstić information content (AvgIpc) is 2.59. The van der Waals surface area contributed by atoms with Gasteiger partial charge in [-0.3, -0.25) is 9.69 Å². The monoisotopic (exact) mass is 257 g/mol. The minimum atomic E-state index is -0.793. The molecule has 0 saturated carbocycles. The number of carbonyl (C=O) groups excluding carboxylic acids is 2. The molecular weight excluding hydrogens is 234 g/mol. The number of carbonyl (C=O) groups is 2. The Morgan fingerprint density at radius 2 is 1.94 bits per heavy atom. The summed E-state index contributed by atoms with van der Waals surface area (Å²) in [5, 5.41) is 0. The van der Waals surface area contributed by atoms with E-state index in [1.807, 2.05) is 20.8 Å². The van der Waals surface area contributed by atoms with Crippen LogP contribution in [-0.4, -0.2) is 48.2 Å². The van der Waals surface area contributed by atoms with Gasteiger partial charge in [-0.1, -0.05) is 0 Å². The first-order valence-electron chi connectivity index (χ1n) is 6.23. The molecule has 5 nitrogen and oxygen atoms in total. The highest BCUT2D eigenvalue weighted by molar-refractivity contribution is 5.92. The lowest BCUT2D eigenvalue weighted by Crippen LogP contribution is -2.53. The highest BCUT2D eigenvalue weighted by Gasteiger charge is 2.46. The van der Waals surface area contributed by atoms with Gasteiger partial charge < -0.3 is 9.47 Å². The second-order valence-corrected chi connectivity index (χ2v) is 5.87. The van der Waals surface area contributed by atoms with E-state index in [4.69, 9.17) is 9.47 Å². The molecule has 0 unspecified atom stereocenters. The average molecular weight is 257 g/mol. The Labute approximate surface area is 108 Å². The number of ether oxygens (including phenoxy) is 2. The molecule has 18 heavy (non-hydrogen) atoms. The SMILES string of the molecule is COCC(=O)[C@@]1(C)CCCN1C(=O)OC(C)(C)C. The largest absolute Gasteiger partial charge is 0.444 e. The minimum absolute atomic E-state index is 0.0236. The molecule has 1 atom stereocenters. The lowest BCUT2D eigenvalue weighted by Gasteiger charge is -2.35. The number of nitrogens with zero attached hydrogens (tertiary/aromatic N) is 1. The molecule has 1 heterocycles. The van der Waals surface area contributed by atoms with Crippen LogP contribution in [0.1, 0.15) is 40.5 Å². The number of ketones is 1. The number of likely N-dealkylation sites (tertiary alicyclic amines) is 1. The van der Waals surface area contributed by atoms with E-state index in [1.165, 1.54) is 12.0 Å². The van der Waals surface area contributed by atoms with Gasteiger partial charge in [-0.05, 0) is 40.5 Å². The van der Waals surface area contributed by atoms with Gasteiger partial charge in [-0.2, -0.15) is 0 Å². The van der Waals surface area contributed by atoms with E-state index >= 15 is 0 Å². The van der Waals surface area contributed by atoms with E-state index < -0.39 is 17.2 Å². The minimum Gasteiger partial charge on any atom is -0.444 e. The van der Waals surface area contributed by atoms with Gasteiger partial charge in [0.2, 0.25) is 0 Å². The molecule has 0 aromatic carbocycles. The summed E-state index contributed by atoms with van der Waals surface area (Å²) < 4.78 is 10.2. The maximum absolute atomic E-state index is 12.1. The van der Waals surface area contributed by atoms with Crippen LogP contribution in [0.15, 0.2) is 0 Å². The summed E-state index contributed by atoms with van der Waals surface area (Å²) in [7, 11) is 1.48. The summed E-state index contributed by atoms with van der Waals surface area (Å²) in [6, 6.07) is 0. The van der Waals surface area contributed by atoms with Crippen molar-refractivity contribution in [3.8, 4) is 0 Å². The van der Waals surface area contributed by atoms with Gasteiger partial charge in [-0.15, -0.1) is 0 Å². The molecule has 0 spiro atoms. The zero-order chi connectivity index (χ0) is 14.0. The lowest BCUT2D eigenvalue weighted by atomic mass is 9.94. The summed E-state index contributed by atoms with van der Waals surface area (Å²) in [5.41, 5.74) is -1.34. The lowest BCUT2D eigenvalue weighted by molar-refractivity contribution is -0.132. The Balaban J connectivity index is 2.81. The van der Waals surface area contributed by atoms with E-state index in [9.17, 15) is 9.59 Å². The van der Waals surface area contributed by atoms with Gasteiger partial charge in [0.1, 0.15) is 17.7 Å². The predicted octanol–water partition coefficient (Wildman–Crippen LogP) is 1.99. The fraction of sp³-hybridized carbons (Fsp3) is 0.846. The molecule has 0 aromatic heterocycles. The Morgan fingerprint density at radius 3 is 2.44 bits per heavy atom. The molecule has 5 heteroatoms. The normalized spacial score (nSPS) is 24.2. The van der Waals surface area contributed by atoms with Crippen LogP contribution in [0.2, 0.25) is 0 Å². The maximum atomic E-state index is 12.1. The van der Waals surface area contributed by atoms with Crippen molar-refractivity contribution in [3.63, 3.8) is 0 Å². The third-order valence-corrected chi connectivity index (χ3v) is 3.13. The molecule has 1 amide bonds. The molecule has 0 aliphatic carbocycles. The van der Waals surface area contributed by atoms with Crippen molar-refractivity contribution in [2.75, 3.05) is 20.3 Å². The Kier molecular flexibility index (Phi) is 4.37. The Bertz CT molecular complexity index is 334. The van der Waals surface area contributed by atoms with E-state index in [1.54, 1.807) is 6.92 Å². The zero-order valence-electron chi connectivity index (χ0n) is 11.9. The number of methoxy groups -OCH3 is 1. The van der Waals surface area contributed by atoms with Crippen molar-refractivity contribution >= 4 is 11.9 Å². The van der Waals surface area contributed by atoms with Crippen molar-refractivity contribution in [2.45, 2.75) is 51.7 Å². The van der Waals surface area contributed by atoms with Crippen LogP contribution in [-0.2, 0) is 14.3 Å². The number of amides is 1. The maximum Gasteiger partial charge on any atom is 0.411 e. The van der Waals surface area contributed by atoms with E-state index in [-0.39, 0.29) is 12.4 Å². The van der Waals surface area contributed by atoms with Gasteiger partial charge >= 0.3 is 6.09 Å². The fourth-order valence-electron chi connectivity index (χ4n) is 2.15. The molecule has 0 radical (unpaired) electrons. The summed E-state index contributed by atoms with van der Waals surface area (Å²) >= 11 is 0. The predicted molar refractivity (Wildman–Crippen MR) is 67.5 cm³/mol. The summed E-state index contributed by atoms with van der Waals surface area (Å²) in [6.45, 7) is 7.81. The number of hydrogen-bond acceptors (Lipinski definition) is 4. The van der Waals surface area contributed by atoms with Crippen LogP contribution in [0.4, 0.5) is 4.79 Å². The number of Topliss-reactive ketones (excluding diaryl/α,β-unsaturated/α-hetero) is 1. The molecular formula is C13H23NO4. The molecule has 0 bridgehead atoms.